The van der Waals surface area contributed by atoms with Gasteiger partial charge in [-0.2, -0.15) is 0 Å². The van der Waals surface area contributed by atoms with E-state index >= 15 is 0 Å². The maximum absolute atomic E-state index is 6.25. The minimum Gasteiger partial charge on any atom is -0.300 e. The molecule has 3 heteroatoms. The molecule has 0 aliphatic heterocycles. The normalized spacial score (nSPS) is 11.3. The van der Waals surface area contributed by atoms with Crippen LogP contribution in [0.1, 0.15) is 11.1 Å². The number of halogens is 1. The van der Waals surface area contributed by atoms with Gasteiger partial charge in [-0.1, -0.05) is 41.9 Å². The largest absolute Gasteiger partial charge is 0.300 e. The van der Waals surface area contributed by atoms with Crippen molar-refractivity contribution in [2.45, 2.75) is 6.42 Å². The first-order chi connectivity index (χ1) is 10.3. The highest BCUT2D eigenvalue weighted by Gasteiger charge is 2.06. The van der Waals surface area contributed by atoms with E-state index < -0.39 is 0 Å². The van der Waals surface area contributed by atoms with Gasteiger partial charge in [0.25, 0.3) is 0 Å². The lowest BCUT2D eigenvalue weighted by Gasteiger charge is -2.04. The molecular weight excluding hydrogens is 280 g/mol. The fraction of sp³-hybridized carbons (Fsp3) is 0.0556. The number of imidazole rings is 1. The number of aromatic nitrogens is 2. The third-order valence-electron chi connectivity index (χ3n) is 3.73. The van der Waals surface area contributed by atoms with E-state index in [9.17, 15) is 0 Å². The van der Waals surface area contributed by atoms with E-state index in [1.165, 1.54) is 5.56 Å². The average Bonchev–Trinajstić information content (AvgIpc) is 2.88. The number of hydrogen-bond acceptors (Lipinski definition) is 1. The van der Waals surface area contributed by atoms with Crippen LogP contribution in [-0.2, 0) is 6.42 Å². The summed E-state index contributed by atoms with van der Waals surface area (Å²) >= 11 is 6.25. The molecule has 0 aliphatic rings. The molecule has 0 bridgehead atoms. The lowest BCUT2D eigenvalue weighted by Crippen LogP contribution is -1.90. The highest BCUT2D eigenvalue weighted by molar-refractivity contribution is 6.31. The van der Waals surface area contributed by atoms with Crippen molar-refractivity contribution in [3.8, 4) is 0 Å². The van der Waals surface area contributed by atoms with Crippen LogP contribution in [0.2, 0.25) is 5.02 Å². The van der Waals surface area contributed by atoms with E-state index in [-0.39, 0.29) is 0 Å². The summed E-state index contributed by atoms with van der Waals surface area (Å²) in [6, 6.07) is 20.4. The molecule has 0 atom stereocenters. The molecule has 2 aromatic carbocycles. The smallest absolute Gasteiger partial charge is 0.137 e. The summed E-state index contributed by atoms with van der Waals surface area (Å²) in [4.78, 5) is 4.62. The van der Waals surface area contributed by atoms with E-state index in [0.717, 1.165) is 33.7 Å². The lowest BCUT2D eigenvalue weighted by molar-refractivity contribution is 1.18. The van der Waals surface area contributed by atoms with Crippen LogP contribution < -0.4 is 0 Å². The number of hydrogen-bond donors (Lipinski definition) is 0. The van der Waals surface area contributed by atoms with Gasteiger partial charge in [0.05, 0.1) is 11.0 Å². The second-order valence-electron chi connectivity index (χ2n) is 5.13. The Bertz CT molecular complexity index is 940. The minimum atomic E-state index is 0.815. The Morgan fingerprint density at radius 2 is 1.81 bits per heavy atom. The molecule has 2 aromatic heterocycles. The molecule has 0 amide bonds. The van der Waals surface area contributed by atoms with Gasteiger partial charge in [0.1, 0.15) is 5.65 Å². The molecule has 4 rings (SSSR count). The fourth-order valence-electron chi connectivity index (χ4n) is 2.68. The molecule has 2 heterocycles. The molecule has 0 N–H and O–H groups in total. The number of nitrogens with zero attached hydrogens (tertiary/aromatic N) is 2. The van der Waals surface area contributed by atoms with Crippen molar-refractivity contribution in [3.05, 3.63) is 83.0 Å². The van der Waals surface area contributed by atoms with Crippen LogP contribution in [0, 0.1) is 0 Å². The Kier molecular flexibility index (Phi) is 2.90. The lowest BCUT2D eigenvalue weighted by atomic mass is 10.0. The van der Waals surface area contributed by atoms with Gasteiger partial charge in [0.15, 0.2) is 0 Å². The first kappa shape index (κ1) is 12.4. The van der Waals surface area contributed by atoms with Gasteiger partial charge in [-0.15, -0.1) is 0 Å². The summed E-state index contributed by atoms with van der Waals surface area (Å²) in [6.07, 6.45) is 2.87. The number of pyridine rings is 1. The van der Waals surface area contributed by atoms with Crippen molar-refractivity contribution < 1.29 is 0 Å². The predicted molar refractivity (Wildman–Crippen MR) is 87.0 cm³/mol. The minimum absolute atomic E-state index is 0.815. The van der Waals surface area contributed by atoms with Crippen molar-refractivity contribution in [1.29, 1.82) is 0 Å². The van der Waals surface area contributed by atoms with Gasteiger partial charge >= 0.3 is 0 Å². The first-order valence-corrected chi connectivity index (χ1v) is 7.28. The number of fused-ring (bicyclic) bond motifs is 3. The second kappa shape index (κ2) is 4.90. The standard InChI is InChI=1S/C18H13ClN2/c19-15-6-2-1-5-14(15)11-13-8-9-16-17(12-13)21-10-4-3-7-18(21)20-16/h1-10,12H,11H2. The Balaban J connectivity index is 1.83. The van der Waals surface area contributed by atoms with E-state index in [1.807, 2.05) is 42.6 Å². The van der Waals surface area contributed by atoms with Crippen LogP contribution in [0.3, 0.4) is 0 Å². The van der Waals surface area contributed by atoms with Crippen molar-refractivity contribution in [2.75, 3.05) is 0 Å². The Morgan fingerprint density at radius 3 is 2.71 bits per heavy atom. The zero-order valence-electron chi connectivity index (χ0n) is 11.3. The third-order valence-corrected chi connectivity index (χ3v) is 4.09. The summed E-state index contributed by atoms with van der Waals surface area (Å²) in [5.41, 5.74) is 5.51. The monoisotopic (exact) mass is 292 g/mol. The summed E-state index contributed by atoms with van der Waals surface area (Å²) in [7, 11) is 0. The highest BCUT2D eigenvalue weighted by Crippen LogP contribution is 2.22. The molecule has 0 saturated heterocycles. The summed E-state index contributed by atoms with van der Waals surface area (Å²) in [5.74, 6) is 0. The molecule has 102 valence electrons. The molecule has 4 aromatic rings. The maximum Gasteiger partial charge on any atom is 0.137 e. The van der Waals surface area contributed by atoms with Crippen LogP contribution >= 0.6 is 11.6 Å². The van der Waals surface area contributed by atoms with Crippen molar-refractivity contribution in [2.24, 2.45) is 0 Å². The van der Waals surface area contributed by atoms with Crippen LogP contribution in [0.15, 0.2) is 66.9 Å². The topological polar surface area (TPSA) is 17.3 Å². The Hall–Kier alpha value is -2.32. The van der Waals surface area contributed by atoms with Crippen molar-refractivity contribution in [3.63, 3.8) is 0 Å². The van der Waals surface area contributed by atoms with Gasteiger partial charge in [-0.05, 0) is 47.9 Å². The first-order valence-electron chi connectivity index (χ1n) is 6.90. The quantitative estimate of drug-likeness (QED) is 0.522. The number of rotatable bonds is 2. The highest BCUT2D eigenvalue weighted by atomic mass is 35.5. The van der Waals surface area contributed by atoms with E-state index in [4.69, 9.17) is 11.6 Å². The van der Waals surface area contributed by atoms with Gasteiger partial charge in [0.2, 0.25) is 0 Å². The molecule has 0 saturated carbocycles. The van der Waals surface area contributed by atoms with Crippen LogP contribution in [0.4, 0.5) is 0 Å². The molecular formula is C18H13ClN2. The zero-order valence-corrected chi connectivity index (χ0v) is 12.1. The molecule has 2 nitrogen and oxygen atoms in total. The molecule has 0 aliphatic carbocycles. The zero-order chi connectivity index (χ0) is 14.2. The SMILES string of the molecule is Clc1ccccc1Cc1ccc2nc3ccccn3c2c1. The van der Waals surface area contributed by atoms with Crippen LogP contribution in [-0.4, -0.2) is 9.38 Å². The van der Waals surface area contributed by atoms with E-state index in [0.29, 0.717) is 0 Å². The summed E-state index contributed by atoms with van der Waals surface area (Å²) in [6.45, 7) is 0. The van der Waals surface area contributed by atoms with Crippen LogP contribution in [0.5, 0.6) is 0 Å². The second-order valence-corrected chi connectivity index (χ2v) is 5.54. The predicted octanol–water partition coefficient (Wildman–Crippen LogP) is 4.73. The average molecular weight is 293 g/mol. The number of benzene rings is 2. The summed E-state index contributed by atoms with van der Waals surface area (Å²) in [5, 5.41) is 0.815. The molecule has 0 unspecified atom stereocenters. The van der Waals surface area contributed by atoms with Gasteiger partial charge < -0.3 is 0 Å². The van der Waals surface area contributed by atoms with E-state index in [1.54, 1.807) is 0 Å². The van der Waals surface area contributed by atoms with Crippen molar-refractivity contribution >= 4 is 28.3 Å². The molecule has 0 radical (unpaired) electrons. The maximum atomic E-state index is 6.25. The molecule has 0 fully saturated rings. The summed E-state index contributed by atoms with van der Waals surface area (Å²) < 4.78 is 2.12. The van der Waals surface area contributed by atoms with Crippen molar-refractivity contribution in [1.82, 2.24) is 9.38 Å². The Labute approximate surface area is 127 Å². The van der Waals surface area contributed by atoms with E-state index in [2.05, 4.69) is 33.7 Å². The van der Waals surface area contributed by atoms with Crippen LogP contribution in [0.25, 0.3) is 16.7 Å². The van der Waals surface area contributed by atoms with Gasteiger partial charge in [-0.3, -0.25) is 4.40 Å². The fourth-order valence-corrected chi connectivity index (χ4v) is 2.88. The molecule has 21 heavy (non-hydrogen) atoms. The third kappa shape index (κ3) is 2.18. The molecule has 0 spiro atoms. The Morgan fingerprint density at radius 1 is 0.952 bits per heavy atom. The van der Waals surface area contributed by atoms with Gasteiger partial charge in [0, 0.05) is 11.2 Å². The van der Waals surface area contributed by atoms with Gasteiger partial charge in [-0.25, -0.2) is 4.98 Å².